The number of nitrogens with zero attached hydrogens (tertiary/aromatic N) is 1. The first-order chi connectivity index (χ1) is 17.3. The van der Waals surface area contributed by atoms with Crippen LogP contribution in [0.2, 0.25) is 0 Å². The maximum absolute atomic E-state index is 14.1. The van der Waals surface area contributed by atoms with Crippen molar-refractivity contribution in [2.24, 2.45) is 5.92 Å². The highest BCUT2D eigenvalue weighted by Crippen LogP contribution is 2.59. The van der Waals surface area contributed by atoms with Gasteiger partial charge in [0, 0.05) is 11.5 Å². The molecule has 1 saturated heterocycles. The molecule has 3 aliphatic rings. The average molecular weight is 560 g/mol. The molecule has 2 heterocycles. The molecule has 0 bridgehead atoms. The molecule has 1 spiro atoms. The molecule has 1 atom stereocenters. The zero-order chi connectivity index (χ0) is 26.8. The topological polar surface area (TPSA) is 107 Å². The molecule has 5 rings (SSSR count). The summed E-state index contributed by atoms with van der Waals surface area (Å²) in [5.41, 5.74) is 0.141. The number of halogens is 3. The van der Waals surface area contributed by atoms with E-state index < -0.39 is 49.4 Å². The molecular weight excluding hydrogens is 535 g/mol. The van der Waals surface area contributed by atoms with E-state index in [1.54, 1.807) is 6.07 Å². The zero-order valence-corrected chi connectivity index (χ0v) is 21.3. The second-order valence-corrected chi connectivity index (χ2v) is 13.8. The highest BCUT2D eigenvalue weighted by Gasteiger charge is 2.60. The third kappa shape index (κ3) is 4.56. The Kier molecular flexibility index (Phi) is 6.02. The molecule has 200 valence electrons. The number of benzene rings is 2. The van der Waals surface area contributed by atoms with E-state index in [2.05, 4.69) is 4.74 Å². The predicted octanol–water partition coefficient (Wildman–Crippen LogP) is 3.81. The van der Waals surface area contributed by atoms with Gasteiger partial charge in [-0.3, -0.25) is 4.31 Å². The van der Waals surface area contributed by atoms with Crippen molar-refractivity contribution in [3.63, 3.8) is 0 Å². The van der Waals surface area contributed by atoms with E-state index in [1.165, 1.54) is 35.7 Å². The number of hydrogen-bond acceptors (Lipinski definition) is 7. The summed E-state index contributed by atoms with van der Waals surface area (Å²) >= 11 is 0. The lowest BCUT2D eigenvalue weighted by atomic mass is 9.70. The number of fused-ring (bicyclic) bond motifs is 2. The predicted molar refractivity (Wildman–Crippen MR) is 127 cm³/mol. The Balaban J connectivity index is 1.68. The van der Waals surface area contributed by atoms with E-state index in [0.29, 0.717) is 5.56 Å². The van der Waals surface area contributed by atoms with Crippen LogP contribution in [0, 0.1) is 5.92 Å². The fourth-order valence-electron chi connectivity index (χ4n) is 5.65. The molecule has 13 heteroatoms. The van der Waals surface area contributed by atoms with Gasteiger partial charge in [-0.2, -0.15) is 0 Å². The molecule has 37 heavy (non-hydrogen) atoms. The molecule has 2 aromatic carbocycles. The number of alkyl halides is 3. The molecule has 1 saturated carbocycles. The third-order valence-electron chi connectivity index (χ3n) is 7.39. The third-order valence-corrected chi connectivity index (χ3v) is 10.8. The van der Waals surface area contributed by atoms with Crippen LogP contribution < -0.4 is 9.04 Å². The van der Waals surface area contributed by atoms with Crippen LogP contribution >= 0.6 is 0 Å². The lowest BCUT2D eigenvalue weighted by Crippen LogP contribution is -2.52. The van der Waals surface area contributed by atoms with Gasteiger partial charge in [0.2, 0.25) is 0 Å². The molecule has 0 aromatic heterocycles. The number of sulfonamides is 1. The Morgan fingerprint density at radius 3 is 2.35 bits per heavy atom. The first-order valence-corrected chi connectivity index (χ1v) is 14.9. The van der Waals surface area contributed by atoms with Gasteiger partial charge in [0.25, 0.3) is 10.0 Å². The minimum Gasteiger partial charge on any atom is -0.465 e. The Morgan fingerprint density at radius 2 is 1.76 bits per heavy atom. The van der Waals surface area contributed by atoms with Gasteiger partial charge in [0.1, 0.15) is 15.6 Å². The molecule has 8 nitrogen and oxygen atoms in total. The van der Waals surface area contributed by atoms with Crippen molar-refractivity contribution in [1.29, 1.82) is 0 Å². The van der Waals surface area contributed by atoms with Crippen LogP contribution in [0.5, 0.6) is 5.75 Å². The highest BCUT2D eigenvalue weighted by molar-refractivity contribution is 7.93. The summed E-state index contributed by atoms with van der Waals surface area (Å²) in [4.78, 5) is 11.9. The Bertz CT molecular complexity index is 1450. The van der Waals surface area contributed by atoms with Crippen LogP contribution in [0.25, 0.3) is 0 Å². The quantitative estimate of drug-likeness (QED) is 0.513. The number of methoxy groups -OCH3 is 1. The van der Waals surface area contributed by atoms with Crippen LogP contribution in [0.15, 0.2) is 47.4 Å². The summed E-state index contributed by atoms with van der Waals surface area (Å²) in [6.45, 7) is 0. The largest absolute Gasteiger partial charge is 0.573 e. The maximum atomic E-state index is 14.1. The van der Waals surface area contributed by atoms with Crippen molar-refractivity contribution in [3.05, 3.63) is 53.6 Å². The van der Waals surface area contributed by atoms with E-state index in [0.717, 1.165) is 25.0 Å². The number of hydrogen-bond donors (Lipinski definition) is 0. The highest BCUT2D eigenvalue weighted by atomic mass is 32.2. The minimum absolute atomic E-state index is 0.0702. The number of ether oxygens (including phenoxy) is 2. The van der Waals surface area contributed by atoms with Crippen molar-refractivity contribution in [2.75, 3.05) is 22.9 Å². The van der Waals surface area contributed by atoms with Crippen LogP contribution in [0.1, 0.15) is 41.6 Å². The molecule has 0 amide bonds. The van der Waals surface area contributed by atoms with Crippen LogP contribution in [-0.4, -0.2) is 53.8 Å². The second kappa shape index (κ2) is 8.62. The van der Waals surface area contributed by atoms with E-state index in [-0.39, 0.29) is 46.4 Å². The molecule has 0 N–H and O–H groups in total. The van der Waals surface area contributed by atoms with Gasteiger partial charge in [-0.1, -0.05) is 6.07 Å². The van der Waals surface area contributed by atoms with Gasteiger partial charge in [-0.25, -0.2) is 21.6 Å². The number of esters is 1. The van der Waals surface area contributed by atoms with Gasteiger partial charge in [-0.15, -0.1) is 13.2 Å². The summed E-state index contributed by atoms with van der Waals surface area (Å²) in [6, 6.07) is 8.03. The number of rotatable bonds is 5. The van der Waals surface area contributed by atoms with Gasteiger partial charge < -0.3 is 9.47 Å². The van der Waals surface area contributed by atoms with Crippen LogP contribution in [-0.2, 0) is 30.0 Å². The van der Waals surface area contributed by atoms with Gasteiger partial charge in [-0.05, 0) is 67.5 Å². The Morgan fingerprint density at radius 1 is 1.08 bits per heavy atom. The van der Waals surface area contributed by atoms with Crippen LogP contribution in [0.3, 0.4) is 0 Å². The lowest BCUT2D eigenvalue weighted by Gasteiger charge is -2.41. The maximum Gasteiger partial charge on any atom is 0.573 e. The average Bonchev–Trinajstić information content (AvgIpc) is 3.62. The first-order valence-electron chi connectivity index (χ1n) is 11.6. The zero-order valence-electron chi connectivity index (χ0n) is 19.7. The monoisotopic (exact) mass is 559 g/mol. The normalized spacial score (nSPS) is 22.5. The van der Waals surface area contributed by atoms with E-state index in [4.69, 9.17) is 4.74 Å². The van der Waals surface area contributed by atoms with E-state index in [1.807, 2.05) is 0 Å². The van der Waals surface area contributed by atoms with Crippen LogP contribution in [0.4, 0.5) is 18.9 Å². The van der Waals surface area contributed by atoms with Gasteiger partial charge in [0.15, 0.2) is 0 Å². The van der Waals surface area contributed by atoms with Crippen molar-refractivity contribution in [2.45, 2.75) is 48.4 Å². The number of carbonyl (C=O) groups is 1. The standard InChI is InChI=1S/C24H24F3NO7S2/c1-34-22(29)16-7-8-20-19(13-16)23(9-11-36(30,31)12-10-23)21(15-5-6-15)28(20)37(32,33)18-4-2-3-17(14-18)35-24(25,26)27/h2-4,7-8,13-15,21H,5-6,9-12H2,1H3. The molecule has 1 unspecified atom stereocenters. The van der Waals surface area contributed by atoms with Crippen molar-refractivity contribution < 1.29 is 44.3 Å². The molecule has 2 fully saturated rings. The van der Waals surface area contributed by atoms with Crippen molar-refractivity contribution in [1.82, 2.24) is 0 Å². The number of sulfone groups is 1. The molecular formula is C24H24F3NO7S2. The minimum atomic E-state index is -5.00. The van der Waals surface area contributed by atoms with Crippen molar-refractivity contribution >= 4 is 31.5 Å². The molecule has 2 aliphatic heterocycles. The fourth-order valence-corrected chi connectivity index (χ4v) is 9.04. The fraction of sp³-hybridized carbons (Fsp3) is 0.458. The molecule has 1 aliphatic carbocycles. The van der Waals surface area contributed by atoms with Crippen molar-refractivity contribution in [3.8, 4) is 5.75 Å². The Hall–Kier alpha value is -2.80. The first kappa shape index (κ1) is 25.8. The number of carbonyl (C=O) groups excluding carboxylic acids is 1. The summed E-state index contributed by atoms with van der Waals surface area (Å²) in [6.07, 6.45) is -3.23. The van der Waals surface area contributed by atoms with E-state index in [9.17, 15) is 34.8 Å². The van der Waals surface area contributed by atoms with Gasteiger partial charge >= 0.3 is 12.3 Å². The van der Waals surface area contributed by atoms with Gasteiger partial charge in [0.05, 0.1) is 40.8 Å². The smallest absolute Gasteiger partial charge is 0.465 e. The lowest BCUT2D eigenvalue weighted by molar-refractivity contribution is -0.274. The number of anilines is 1. The summed E-state index contributed by atoms with van der Waals surface area (Å²) in [5.74, 6) is -1.64. The Labute approximate surface area is 212 Å². The summed E-state index contributed by atoms with van der Waals surface area (Å²) in [7, 11) is -6.51. The second-order valence-electron chi connectivity index (χ2n) is 9.64. The summed E-state index contributed by atoms with van der Waals surface area (Å²) < 4.78 is 101. The molecule has 0 radical (unpaired) electrons. The molecule has 2 aromatic rings. The SMILES string of the molecule is COC(=O)c1ccc2c(c1)C1(CCS(=O)(=O)CC1)C(C1CC1)N2S(=O)(=O)c1cccc(OC(F)(F)F)c1. The van der Waals surface area contributed by atoms with E-state index >= 15 is 0 Å². The summed E-state index contributed by atoms with van der Waals surface area (Å²) in [5, 5.41) is 0.